The summed E-state index contributed by atoms with van der Waals surface area (Å²) in [6.45, 7) is 6.89. The van der Waals surface area contributed by atoms with Crippen LogP contribution in [-0.2, 0) is 11.3 Å². The Kier molecular flexibility index (Phi) is 3.51. The number of ether oxygens (including phenoxy) is 1. The molecule has 0 amide bonds. The maximum absolute atomic E-state index is 11.7. The Hall–Kier alpha value is -2.44. The molecule has 4 rings (SSSR count). The van der Waals surface area contributed by atoms with Gasteiger partial charge in [-0.3, -0.25) is 0 Å². The first kappa shape index (κ1) is 15.1. The minimum atomic E-state index is -0.397. The number of aryl methyl sites for hydroxylation is 1. The van der Waals surface area contributed by atoms with Crippen LogP contribution in [0.1, 0.15) is 41.5 Å². The van der Waals surface area contributed by atoms with E-state index in [1.807, 2.05) is 17.7 Å². The lowest BCUT2D eigenvalue weighted by molar-refractivity contribution is 0.0520. The second-order valence-corrected chi connectivity index (χ2v) is 6.79. The van der Waals surface area contributed by atoms with Gasteiger partial charge >= 0.3 is 5.97 Å². The molecule has 0 unspecified atom stereocenters. The fraction of sp³-hybridized carbons (Fsp3) is 0.529. The van der Waals surface area contributed by atoms with Crippen LogP contribution in [-0.4, -0.2) is 45.2 Å². The lowest BCUT2D eigenvalue weighted by Gasteiger charge is -2.40. The van der Waals surface area contributed by atoms with E-state index in [1.54, 1.807) is 19.4 Å². The summed E-state index contributed by atoms with van der Waals surface area (Å²) in [5.74, 6) is 0.429. The summed E-state index contributed by atoms with van der Waals surface area (Å²) >= 11 is 0. The van der Waals surface area contributed by atoms with Gasteiger partial charge in [-0.1, -0.05) is 0 Å². The molecule has 0 N–H and O–H groups in total. The zero-order valence-corrected chi connectivity index (χ0v) is 14.0. The van der Waals surface area contributed by atoms with Crippen LogP contribution in [0.3, 0.4) is 0 Å². The van der Waals surface area contributed by atoms with Gasteiger partial charge in [0.25, 0.3) is 0 Å². The van der Waals surface area contributed by atoms with Gasteiger partial charge in [-0.25, -0.2) is 19.7 Å². The SMILES string of the molecule is CCOC(=O)c1cn(Cc2cnc(N3CC4(CC4)C3)nc2C)cn1. The van der Waals surface area contributed by atoms with Crippen LogP contribution >= 0.6 is 0 Å². The van der Waals surface area contributed by atoms with Crippen molar-refractivity contribution >= 4 is 11.9 Å². The molecule has 0 aromatic carbocycles. The standard InChI is InChI=1S/C17H21N5O2/c1-3-24-15(23)14-8-21(11-19-14)7-13-6-18-16(20-12(13)2)22-9-17(10-22)4-5-17/h6,8,11H,3-5,7,9-10H2,1-2H3. The Morgan fingerprint density at radius 2 is 2.12 bits per heavy atom. The topological polar surface area (TPSA) is 73.1 Å². The summed E-state index contributed by atoms with van der Waals surface area (Å²) in [6.07, 6.45) is 7.90. The van der Waals surface area contributed by atoms with Crippen LogP contribution in [0.15, 0.2) is 18.7 Å². The molecule has 2 fully saturated rings. The molecule has 0 bridgehead atoms. The summed E-state index contributed by atoms with van der Waals surface area (Å²) in [6, 6.07) is 0. The van der Waals surface area contributed by atoms with E-state index in [0.717, 1.165) is 30.3 Å². The second-order valence-electron chi connectivity index (χ2n) is 6.79. The fourth-order valence-electron chi connectivity index (χ4n) is 3.14. The van der Waals surface area contributed by atoms with Crippen molar-refractivity contribution in [3.63, 3.8) is 0 Å². The quantitative estimate of drug-likeness (QED) is 0.780. The zero-order chi connectivity index (χ0) is 16.7. The Bertz CT molecular complexity index is 773. The third kappa shape index (κ3) is 2.74. The number of esters is 1. The van der Waals surface area contributed by atoms with Gasteiger partial charge in [-0.05, 0) is 26.7 Å². The molecule has 1 saturated carbocycles. The molecule has 1 saturated heterocycles. The van der Waals surface area contributed by atoms with Crippen molar-refractivity contribution in [2.24, 2.45) is 5.41 Å². The summed E-state index contributed by atoms with van der Waals surface area (Å²) in [5, 5.41) is 0. The minimum Gasteiger partial charge on any atom is -0.461 e. The normalized spacial score (nSPS) is 17.7. The van der Waals surface area contributed by atoms with Crippen LogP contribution in [0.2, 0.25) is 0 Å². The van der Waals surface area contributed by atoms with Gasteiger partial charge in [-0.2, -0.15) is 0 Å². The number of hydrogen-bond donors (Lipinski definition) is 0. The molecule has 7 nitrogen and oxygen atoms in total. The molecule has 2 aromatic heterocycles. The van der Waals surface area contributed by atoms with Gasteiger partial charge in [0.2, 0.25) is 5.95 Å². The number of imidazole rings is 1. The summed E-state index contributed by atoms with van der Waals surface area (Å²) in [4.78, 5) is 27.2. The average molecular weight is 327 g/mol. The Morgan fingerprint density at radius 3 is 2.79 bits per heavy atom. The smallest absolute Gasteiger partial charge is 0.358 e. The number of hydrogen-bond acceptors (Lipinski definition) is 6. The van der Waals surface area contributed by atoms with E-state index >= 15 is 0 Å². The van der Waals surface area contributed by atoms with Crippen molar-refractivity contribution in [2.75, 3.05) is 24.6 Å². The summed E-state index contributed by atoms with van der Waals surface area (Å²) in [5.41, 5.74) is 2.90. The number of rotatable bonds is 5. The molecule has 1 aliphatic carbocycles. The molecular formula is C17H21N5O2. The van der Waals surface area contributed by atoms with Gasteiger partial charge in [-0.15, -0.1) is 0 Å². The first-order valence-electron chi connectivity index (χ1n) is 8.35. The Balaban J connectivity index is 1.44. The third-order valence-electron chi connectivity index (χ3n) is 4.83. The monoisotopic (exact) mass is 327 g/mol. The molecule has 24 heavy (non-hydrogen) atoms. The number of nitrogens with zero attached hydrogens (tertiary/aromatic N) is 5. The molecule has 2 aliphatic rings. The van der Waals surface area contributed by atoms with Gasteiger partial charge < -0.3 is 14.2 Å². The first-order chi connectivity index (χ1) is 11.6. The molecule has 1 aliphatic heterocycles. The molecule has 2 aromatic rings. The van der Waals surface area contributed by atoms with E-state index in [4.69, 9.17) is 4.74 Å². The van der Waals surface area contributed by atoms with Crippen LogP contribution < -0.4 is 4.90 Å². The number of anilines is 1. The number of aromatic nitrogens is 4. The van der Waals surface area contributed by atoms with Crippen LogP contribution in [0.5, 0.6) is 0 Å². The zero-order valence-electron chi connectivity index (χ0n) is 14.0. The molecule has 3 heterocycles. The Labute approximate surface area is 140 Å². The van der Waals surface area contributed by atoms with Crippen molar-refractivity contribution in [1.82, 2.24) is 19.5 Å². The Morgan fingerprint density at radius 1 is 1.33 bits per heavy atom. The lowest BCUT2D eigenvalue weighted by atomic mass is 9.98. The highest BCUT2D eigenvalue weighted by Crippen LogP contribution is 2.53. The van der Waals surface area contributed by atoms with Gasteiger partial charge in [0.05, 0.1) is 19.5 Å². The van der Waals surface area contributed by atoms with Crippen molar-refractivity contribution in [2.45, 2.75) is 33.2 Å². The van der Waals surface area contributed by atoms with Crippen molar-refractivity contribution in [3.05, 3.63) is 35.7 Å². The maximum Gasteiger partial charge on any atom is 0.358 e. The van der Waals surface area contributed by atoms with Crippen molar-refractivity contribution in [3.8, 4) is 0 Å². The molecule has 126 valence electrons. The molecule has 0 radical (unpaired) electrons. The molecule has 0 atom stereocenters. The predicted molar refractivity (Wildman–Crippen MR) is 87.9 cm³/mol. The molecule has 7 heteroatoms. The van der Waals surface area contributed by atoms with Crippen LogP contribution in [0.4, 0.5) is 5.95 Å². The predicted octanol–water partition coefficient (Wildman–Crippen LogP) is 1.81. The van der Waals surface area contributed by atoms with E-state index < -0.39 is 5.97 Å². The molecular weight excluding hydrogens is 306 g/mol. The van der Waals surface area contributed by atoms with E-state index in [2.05, 4.69) is 19.9 Å². The highest BCUT2D eigenvalue weighted by atomic mass is 16.5. The maximum atomic E-state index is 11.7. The largest absolute Gasteiger partial charge is 0.461 e. The van der Waals surface area contributed by atoms with Crippen molar-refractivity contribution in [1.29, 1.82) is 0 Å². The van der Waals surface area contributed by atoms with E-state index in [0.29, 0.717) is 24.3 Å². The fourth-order valence-corrected chi connectivity index (χ4v) is 3.14. The summed E-state index contributed by atoms with van der Waals surface area (Å²) < 4.78 is 6.80. The second kappa shape index (κ2) is 5.58. The van der Waals surface area contributed by atoms with E-state index in [9.17, 15) is 4.79 Å². The highest BCUT2D eigenvalue weighted by Gasteiger charge is 2.53. The average Bonchev–Trinajstić information content (AvgIpc) is 3.20. The lowest BCUT2D eigenvalue weighted by Crippen LogP contribution is -2.49. The minimum absolute atomic E-state index is 0.322. The van der Waals surface area contributed by atoms with E-state index in [1.165, 1.54) is 12.8 Å². The first-order valence-corrected chi connectivity index (χ1v) is 8.35. The van der Waals surface area contributed by atoms with Gasteiger partial charge in [0.1, 0.15) is 0 Å². The highest BCUT2D eigenvalue weighted by molar-refractivity contribution is 5.86. The van der Waals surface area contributed by atoms with E-state index in [-0.39, 0.29) is 0 Å². The molecule has 1 spiro atoms. The third-order valence-corrected chi connectivity index (χ3v) is 4.83. The van der Waals surface area contributed by atoms with Gasteiger partial charge in [0, 0.05) is 42.2 Å². The van der Waals surface area contributed by atoms with Crippen LogP contribution in [0.25, 0.3) is 0 Å². The van der Waals surface area contributed by atoms with Crippen molar-refractivity contribution < 1.29 is 9.53 Å². The van der Waals surface area contributed by atoms with Gasteiger partial charge in [0.15, 0.2) is 5.69 Å². The number of carbonyl (C=O) groups excluding carboxylic acids is 1. The summed E-state index contributed by atoms with van der Waals surface area (Å²) in [7, 11) is 0. The number of carbonyl (C=O) groups is 1. The van der Waals surface area contributed by atoms with Crippen LogP contribution in [0, 0.1) is 12.3 Å².